The number of benzene rings is 2. The number of carbonyl (C=O) groups is 1. The molecule has 0 aliphatic carbocycles. The number of aryl methyl sites for hydroxylation is 2. The molecule has 0 spiro atoms. The van der Waals surface area contributed by atoms with E-state index in [-0.39, 0.29) is 6.03 Å². The molecule has 0 aromatic heterocycles. The molecule has 0 saturated carbocycles. The summed E-state index contributed by atoms with van der Waals surface area (Å²) in [4.78, 5) is 12.3. The van der Waals surface area contributed by atoms with Crippen LogP contribution in [0.4, 0.5) is 16.2 Å². The number of urea groups is 1. The Morgan fingerprint density at radius 2 is 1.86 bits per heavy atom. The molecule has 0 aliphatic heterocycles. The molecule has 5 heteroatoms. The second-order valence-electron chi connectivity index (χ2n) is 4.84. The van der Waals surface area contributed by atoms with Crippen LogP contribution in [0.15, 0.2) is 42.5 Å². The maximum Gasteiger partial charge on any atom is 0.323 e. The SMILES string of the molecule is Cc1cccc(NC(=O)Nc2cc(C(N)=S)ccc2C)c1. The van der Waals surface area contributed by atoms with Gasteiger partial charge in [-0.1, -0.05) is 36.5 Å². The van der Waals surface area contributed by atoms with Gasteiger partial charge in [0.1, 0.15) is 4.99 Å². The lowest BCUT2D eigenvalue weighted by Gasteiger charge is -2.11. The van der Waals surface area contributed by atoms with Crippen LogP contribution >= 0.6 is 12.2 Å². The summed E-state index contributed by atoms with van der Waals surface area (Å²) in [7, 11) is 0. The first kappa shape index (κ1) is 15.0. The first-order valence-corrected chi connectivity index (χ1v) is 6.91. The van der Waals surface area contributed by atoms with Crippen LogP contribution in [-0.2, 0) is 0 Å². The topological polar surface area (TPSA) is 67.2 Å². The summed E-state index contributed by atoms with van der Waals surface area (Å²) in [6, 6.07) is 12.8. The van der Waals surface area contributed by atoms with Crippen LogP contribution in [0.2, 0.25) is 0 Å². The molecule has 4 nitrogen and oxygen atoms in total. The molecule has 0 radical (unpaired) electrons. The predicted octanol–water partition coefficient (Wildman–Crippen LogP) is 3.58. The minimum absolute atomic E-state index is 0.302. The summed E-state index contributed by atoms with van der Waals surface area (Å²) >= 11 is 4.95. The standard InChI is InChI=1S/C16H17N3OS/c1-10-4-3-5-13(8-10)18-16(20)19-14-9-12(15(17)21)7-6-11(14)2/h3-9H,1-2H3,(H2,17,21)(H2,18,19,20). The Balaban J connectivity index is 2.12. The van der Waals surface area contributed by atoms with Crippen LogP contribution in [0.1, 0.15) is 16.7 Å². The van der Waals surface area contributed by atoms with Gasteiger partial charge >= 0.3 is 6.03 Å². The number of anilines is 2. The molecule has 2 amide bonds. The van der Waals surface area contributed by atoms with Crippen LogP contribution in [-0.4, -0.2) is 11.0 Å². The summed E-state index contributed by atoms with van der Waals surface area (Å²) in [6.45, 7) is 3.88. The van der Waals surface area contributed by atoms with Crippen molar-refractivity contribution < 1.29 is 4.79 Å². The molecule has 0 heterocycles. The van der Waals surface area contributed by atoms with Crippen molar-refractivity contribution in [3.63, 3.8) is 0 Å². The van der Waals surface area contributed by atoms with Crippen LogP contribution in [0.25, 0.3) is 0 Å². The number of thiocarbonyl (C=S) groups is 1. The van der Waals surface area contributed by atoms with E-state index in [1.54, 1.807) is 6.07 Å². The van der Waals surface area contributed by atoms with E-state index in [1.807, 2.05) is 50.2 Å². The van der Waals surface area contributed by atoms with E-state index in [2.05, 4.69) is 10.6 Å². The van der Waals surface area contributed by atoms with E-state index in [0.717, 1.165) is 22.4 Å². The highest BCUT2D eigenvalue weighted by atomic mass is 32.1. The number of rotatable bonds is 3. The van der Waals surface area contributed by atoms with E-state index in [4.69, 9.17) is 18.0 Å². The highest BCUT2D eigenvalue weighted by Crippen LogP contribution is 2.18. The summed E-state index contributed by atoms with van der Waals surface area (Å²) in [5, 5.41) is 5.60. The van der Waals surface area contributed by atoms with Gasteiger partial charge in [0.05, 0.1) is 0 Å². The third-order valence-electron chi connectivity index (χ3n) is 3.05. The molecule has 0 atom stereocenters. The van der Waals surface area contributed by atoms with Crippen molar-refractivity contribution in [2.24, 2.45) is 5.73 Å². The fourth-order valence-corrected chi connectivity index (χ4v) is 2.04. The van der Waals surface area contributed by atoms with Gasteiger partial charge in [-0.05, 0) is 43.2 Å². The maximum absolute atomic E-state index is 12.0. The van der Waals surface area contributed by atoms with Crippen molar-refractivity contribution in [2.75, 3.05) is 10.6 Å². The van der Waals surface area contributed by atoms with E-state index < -0.39 is 0 Å². The lowest BCUT2D eigenvalue weighted by molar-refractivity contribution is 0.262. The summed E-state index contributed by atoms with van der Waals surface area (Å²) < 4.78 is 0. The molecule has 2 rings (SSSR count). The van der Waals surface area contributed by atoms with Crippen LogP contribution < -0.4 is 16.4 Å². The van der Waals surface area contributed by atoms with E-state index in [0.29, 0.717) is 10.7 Å². The fourth-order valence-electron chi connectivity index (χ4n) is 1.92. The molecule has 0 unspecified atom stereocenters. The number of hydrogen-bond acceptors (Lipinski definition) is 2. The molecule has 21 heavy (non-hydrogen) atoms. The minimum atomic E-state index is -0.302. The van der Waals surface area contributed by atoms with Gasteiger partial charge in [-0.2, -0.15) is 0 Å². The van der Waals surface area contributed by atoms with Crippen LogP contribution in [0.3, 0.4) is 0 Å². The summed E-state index contributed by atoms with van der Waals surface area (Å²) in [6.07, 6.45) is 0. The Bertz CT molecular complexity index is 698. The van der Waals surface area contributed by atoms with Crippen molar-refractivity contribution in [3.05, 3.63) is 59.2 Å². The summed E-state index contributed by atoms with van der Waals surface area (Å²) in [5.41, 5.74) is 9.78. The van der Waals surface area contributed by atoms with Gasteiger partial charge in [0, 0.05) is 16.9 Å². The maximum atomic E-state index is 12.0. The van der Waals surface area contributed by atoms with Crippen LogP contribution in [0.5, 0.6) is 0 Å². The first-order valence-electron chi connectivity index (χ1n) is 6.51. The zero-order chi connectivity index (χ0) is 15.4. The third-order valence-corrected chi connectivity index (χ3v) is 3.28. The molecule has 0 aliphatic rings. The highest BCUT2D eigenvalue weighted by molar-refractivity contribution is 7.80. The van der Waals surface area contributed by atoms with Gasteiger partial charge in [-0.25, -0.2) is 4.79 Å². The number of carbonyl (C=O) groups excluding carboxylic acids is 1. The Kier molecular flexibility index (Phi) is 4.55. The number of nitrogens with two attached hydrogens (primary N) is 1. The Labute approximate surface area is 129 Å². The lowest BCUT2D eigenvalue weighted by Crippen LogP contribution is -2.20. The molecule has 0 saturated heterocycles. The third kappa shape index (κ3) is 4.03. The zero-order valence-electron chi connectivity index (χ0n) is 11.9. The smallest absolute Gasteiger partial charge is 0.323 e. The van der Waals surface area contributed by atoms with E-state index >= 15 is 0 Å². The number of nitrogens with one attached hydrogen (secondary N) is 2. The van der Waals surface area contributed by atoms with Crippen LogP contribution in [0, 0.1) is 13.8 Å². The number of amides is 2. The minimum Gasteiger partial charge on any atom is -0.389 e. The molecule has 0 bridgehead atoms. The average molecular weight is 299 g/mol. The zero-order valence-corrected chi connectivity index (χ0v) is 12.8. The predicted molar refractivity (Wildman–Crippen MR) is 90.9 cm³/mol. The first-order chi connectivity index (χ1) is 9.95. The summed E-state index contributed by atoms with van der Waals surface area (Å²) in [5.74, 6) is 0. The lowest BCUT2D eigenvalue weighted by atomic mass is 10.1. The van der Waals surface area contributed by atoms with Crippen molar-refractivity contribution >= 4 is 34.6 Å². The monoisotopic (exact) mass is 299 g/mol. The van der Waals surface area contributed by atoms with Gasteiger partial charge in [0.15, 0.2) is 0 Å². The van der Waals surface area contributed by atoms with E-state index in [1.165, 1.54) is 0 Å². The number of hydrogen-bond donors (Lipinski definition) is 3. The molecule has 2 aromatic carbocycles. The molecular weight excluding hydrogens is 282 g/mol. The van der Waals surface area contributed by atoms with Crippen molar-refractivity contribution in [1.82, 2.24) is 0 Å². The van der Waals surface area contributed by atoms with Gasteiger partial charge < -0.3 is 16.4 Å². The highest BCUT2D eigenvalue weighted by Gasteiger charge is 2.07. The Morgan fingerprint density at radius 1 is 1.10 bits per heavy atom. The van der Waals surface area contributed by atoms with Gasteiger partial charge in [0.2, 0.25) is 0 Å². The second-order valence-corrected chi connectivity index (χ2v) is 5.28. The van der Waals surface area contributed by atoms with Gasteiger partial charge in [-0.3, -0.25) is 0 Å². The van der Waals surface area contributed by atoms with Crippen molar-refractivity contribution in [1.29, 1.82) is 0 Å². The Morgan fingerprint density at radius 3 is 2.52 bits per heavy atom. The Hall–Kier alpha value is -2.40. The van der Waals surface area contributed by atoms with E-state index in [9.17, 15) is 4.79 Å². The van der Waals surface area contributed by atoms with Crippen molar-refractivity contribution in [2.45, 2.75) is 13.8 Å². The quantitative estimate of drug-likeness (QED) is 0.759. The molecule has 108 valence electrons. The van der Waals surface area contributed by atoms with Crippen molar-refractivity contribution in [3.8, 4) is 0 Å². The van der Waals surface area contributed by atoms with Gasteiger partial charge in [-0.15, -0.1) is 0 Å². The fraction of sp³-hybridized carbons (Fsp3) is 0.125. The average Bonchev–Trinajstić information content (AvgIpc) is 2.41. The normalized spacial score (nSPS) is 10.0. The second kappa shape index (κ2) is 6.37. The van der Waals surface area contributed by atoms with Gasteiger partial charge in [0.25, 0.3) is 0 Å². The molecule has 0 fully saturated rings. The molecule has 2 aromatic rings. The molecular formula is C16H17N3OS. The largest absolute Gasteiger partial charge is 0.389 e. The molecule has 4 N–H and O–H groups in total.